The number of unbranched alkanes of at least 4 members (excludes halogenated alkanes) is 1. The van der Waals surface area contributed by atoms with Crippen molar-refractivity contribution in [3.63, 3.8) is 0 Å². The Morgan fingerprint density at radius 2 is 1.68 bits per heavy atom. The van der Waals surface area contributed by atoms with Crippen LogP contribution >= 0.6 is 0 Å². The van der Waals surface area contributed by atoms with Crippen LogP contribution in [-0.4, -0.2) is 82.2 Å². The highest BCUT2D eigenvalue weighted by Gasteiger charge is 2.72. The number of aliphatic hydroxyl groups is 1. The zero-order chi connectivity index (χ0) is 28.9. The van der Waals surface area contributed by atoms with Gasteiger partial charge in [0.2, 0.25) is 17.7 Å². The first-order valence-electron chi connectivity index (χ1n) is 14.5. The number of carbonyl (C=O) groups is 3. The van der Waals surface area contributed by atoms with Gasteiger partial charge in [0.05, 0.1) is 17.9 Å². The van der Waals surface area contributed by atoms with Crippen LogP contribution in [0.4, 0.5) is 5.69 Å². The first-order valence-corrected chi connectivity index (χ1v) is 14.5. The Morgan fingerprint density at radius 1 is 0.950 bits per heavy atom. The highest BCUT2D eigenvalue weighted by atomic mass is 16.5. The molecule has 5 rings (SSSR count). The molecule has 0 aliphatic carbocycles. The van der Waals surface area contributed by atoms with Crippen molar-refractivity contribution in [2.75, 3.05) is 31.1 Å². The summed E-state index contributed by atoms with van der Waals surface area (Å²) in [6, 6.07) is 8.59. The number of likely N-dealkylation sites (tertiary alicyclic amines) is 1. The molecule has 8 heteroatoms. The van der Waals surface area contributed by atoms with Crippen LogP contribution in [0.25, 0.3) is 0 Å². The van der Waals surface area contributed by atoms with Crippen LogP contribution in [0.2, 0.25) is 0 Å². The number of hydrogen-bond acceptors (Lipinski definition) is 5. The molecule has 0 radical (unpaired) electrons. The molecule has 4 aliphatic rings. The maximum absolute atomic E-state index is 14.6. The van der Waals surface area contributed by atoms with E-state index in [0.717, 1.165) is 12.1 Å². The second kappa shape index (κ2) is 10.5. The minimum atomic E-state index is -1.24. The zero-order valence-electron chi connectivity index (χ0n) is 24.4. The van der Waals surface area contributed by atoms with Crippen molar-refractivity contribution in [3.05, 3.63) is 54.6 Å². The molecule has 1 unspecified atom stereocenters. The van der Waals surface area contributed by atoms with Crippen LogP contribution in [-0.2, 0) is 19.1 Å². The Labute approximate surface area is 237 Å². The molecule has 0 saturated carbocycles. The Kier molecular flexibility index (Phi) is 7.46. The second-order valence-electron chi connectivity index (χ2n) is 13.4. The fraction of sp³-hybridized carbons (Fsp3) is 0.594. The largest absolute Gasteiger partial charge is 0.396 e. The molecule has 0 bridgehead atoms. The predicted octanol–water partition coefficient (Wildman–Crippen LogP) is 3.56. The second-order valence-corrected chi connectivity index (χ2v) is 13.4. The molecule has 40 heavy (non-hydrogen) atoms. The van der Waals surface area contributed by atoms with E-state index in [1.807, 2.05) is 59.5 Å². The normalized spacial score (nSPS) is 30.4. The molecule has 4 aliphatic heterocycles. The average molecular weight is 550 g/mol. The number of amides is 3. The van der Waals surface area contributed by atoms with Crippen LogP contribution in [0.5, 0.6) is 0 Å². The number of nitrogens with zero attached hydrogens (tertiary/aromatic N) is 3. The van der Waals surface area contributed by atoms with E-state index in [2.05, 4.69) is 34.6 Å². The summed E-state index contributed by atoms with van der Waals surface area (Å²) in [5, 5.41) is 9.44. The van der Waals surface area contributed by atoms with E-state index in [1.54, 1.807) is 9.80 Å². The van der Waals surface area contributed by atoms with Crippen LogP contribution in [0.3, 0.4) is 0 Å². The predicted molar refractivity (Wildman–Crippen MR) is 153 cm³/mol. The van der Waals surface area contributed by atoms with Crippen molar-refractivity contribution in [3.8, 4) is 0 Å². The minimum Gasteiger partial charge on any atom is -0.396 e. The summed E-state index contributed by atoms with van der Waals surface area (Å²) in [5.41, 5.74) is -0.953. The average Bonchev–Trinajstić information content (AvgIpc) is 3.18. The van der Waals surface area contributed by atoms with Gasteiger partial charge in [-0.2, -0.15) is 0 Å². The number of ether oxygens (including phenoxy) is 1. The van der Waals surface area contributed by atoms with E-state index in [1.165, 1.54) is 0 Å². The van der Waals surface area contributed by atoms with Crippen LogP contribution in [0.1, 0.15) is 53.9 Å². The van der Waals surface area contributed by atoms with Crippen molar-refractivity contribution in [2.24, 2.45) is 17.3 Å². The number of rotatable bonds is 7. The van der Waals surface area contributed by atoms with Gasteiger partial charge < -0.3 is 24.5 Å². The van der Waals surface area contributed by atoms with E-state index in [0.29, 0.717) is 32.5 Å². The third-order valence-electron chi connectivity index (χ3n) is 8.73. The first-order chi connectivity index (χ1) is 18.9. The molecule has 216 valence electrons. The van der Waals surface area contributed by atoms with Gasteiger partial charge in [0.15, 0.2) is 0 Å². The van der Waals surface area contributed by atoms with Gasteiger partial charge in [-0.05, 0) is 50.7 Å². The molecule has 1 N–H and O–H groups in total. The first kappa shape index (κ1) is 28.6. The summed E-state index contributed by atoms with van der Waals surface area (Å²) < 4.78 is 6.75. The third-order valence-corrected chi connectivity index (χ3v) is 8.73. The monoisotopic (exact) mass is 549 g/mol. The van der Waals surface area contributed by atoms with Gasteiger partial charge in [-0.25, -0.2) is 0 Å². The van der Waals surface area contributed by atoms with Gasteiger partial charge in [-0.15, -0.1) is 0 Å². The molecular formula is C32H43N3O5. The van der Waals surface area contributed by atoms with Crippen LogP contribution in [0.15, 0.2) is 54.6 Å². The van der Waals surface area contributed by atoms with Crippen molar-refractivity contribution in [1.82, 2.24) is 9.80 Å². The zero-order valence-corrected chi connectivity index (χ0v) is 24.4. The topological polar surface area (TPSA) is 90.4 Å². The van der Waals surface area contributed by atoms with E-state index in [4.69, 9.17) is 4.74 Å². The van der Waals surface area contributed by atoms with Gasteiger partial charge in [0, 0.05) is 37.5 Å². The van der Waals surface area contributed by atoms with E-state index in [9.17, 15) is 19.5 Å². The molecule has 3 amide bonds. The van der Waals surface area contributed by atoms with Crippen molar-refractivity contribution in [1.29, 1.82) is 0 Å². The summed E-state index contributed by atoms with van der Waals surface area (Å²) >= 11 is 0. The molecule has 2 fully saturated rings. The smallest absolute Gasteiger partial charge is 0.249 e. The number of aliphatic hydroxyl groups excluding tert-OH is 1. The van der Waals surface area contributed by atoms with Crippen LogP contribution < -0.4 is 4.90 Å². The van der Waals surface area contributed by atoms with Crippen molar-refractivity contribution < 1.29 is 24.2 Å². The minimum absolute atomic E-state index is 0.0103. The maximum atomic E-state index is 14.6. The fourth-order valence-corrected chi connectivity index (χ4v) is 7.55. The lowest BCUT2D eigenvalue weighted by atomic mass is 9.77. The van der Waals surface area contributed by atoms with Crippen LogP contribution in [0, 0.1) is 17.3 Å². The lowest BCUT2D eigenvalue weighted by Gasteiger charge is -2.44. The van der Waals surface area contributed by atoms with Crippen molar-refractivity contribution in [2.45, 2.75) is 77.2 Å². The van der Waals surface area contributed by atoms with Crippen molar-refractivity contribution >= 4 is 23.4 Å². The molecule has 1 aromatic carbocycles. The lowest BCUT2D eigenvalue weighted by Crippen LogP contribution is -2.60. The number of carbonyl (C=O) groups excluding carboxylic acids is 3. The summed E-state index contributed by atoms with van der Waals surface area (Å²) in [6.07, 6.45) is 8.92. The molecule has 2 saturated heterocycles. The third kappa shape index (κ3) is 4.79. The molecule has 1 spiro atoms. The van der Waals surface area contributed by atoms with Gasteiger partial charge in [0.25, 0.3) is 0 Å². The molecule has 8 nitrogen and oxygen atoms in total. The molecule has 5 atom stereocenters. The summed E-state index contributed by atoms with van der Waals surface area (Å²) in [4.78, 5) is 48.3. The van der Waals surface area contributed by atoms with E-state index >= 15 is 0 Å². The Bertz CT molecular complexity index is 1200. The fourth-order valence-electron chi connectivity index (χ4n) is 7.55. The van der Waals surface area contributed by atoms with E-state index < -0.39 is 35.1 Å². The highest BCUT2D eigenvalue weighted by molar-refractivity contribution is 6.03. The summed E-state index contributed by atoms with van der Waals surface area (Å²) in [7, 11) is 0. The maximum Gasteiger partial charge on any atom is 0.249 e. The van der Waals surface area contributed by atoms with Gasteiger partial charge >= 0.3 is 0 Å². The quantitative estimate of drug-likeness (QED) is 0.415. The number of anilines is 1. The van der Waals surface area contributed by atoms with Gasteiger partial charge in [0.1, 0.15) is 11.6 Å². The van der Waals surface area contributed by atoms with Gasteiger partial charge in [-0.3, -0.25) is 14.4 Å². The SMILES string of the molecule is CC(C)(C)CC(C)(C)N1CC=C[C@]23O[C@@H]4C=CCN(c5ccccc5)C(=O)[C@@H]4[C@H]2C(=O)N(CCCCO)C3C1=O. The molecular weight excluding hydrogens is 506 g/mol. The lowest BCUT2D eigenvalue weighted by molar-refractivity contribution is -0.151. The molecule has 4 heterocycles. The standard InChI is InChI=1S/C32H43N3O5/c1-30(2,3)21-31(4,5)35-19-12-16-32-25(28(38)34(17-9-10-20-36)26(32)29(35)39)24-23(40-32)15-11-18-33(27(24)37)22-13-7-6-8-14-22/h6-8,11-16,23-26,36H,9-10,17-21H2,1-5H3/t23-,24+,25+,26?,32+/m1/s1. The Balaban J connectivity index is 1.57. The summed E-state index contributed by atoms with van der Waals surface area (Å²) in [6.45, 7) is 11.8. The Hall–Kier alpha value is -2.97. The van der Waals surface area contributed by atoms with E-state index in [-0.39, 0.29) is 29.7 Å². The number of para-hydroxylation sites is 1. The number of fused-ring (bicyclic) bond motifs is 2. The molecule has 1 aromatic rings. The summed E-state index contributed by atoms with van der Waals surface area (Å²) in [5.74, 6) is -2.10. The number of hydrogen-bond donors (Lipinski definition) is 1. The highest BCUT2D eigenvalue weighted by Crippen LogP contribution is 2.54. The molecule has 0 aromatic heterocycles. The Morgan fingerprint density at radius 3 is 2.35 bits per heavy atom. The number of benzene rings is 1. The van der Waals surface area contributed by atoms with Gasteiger partial charge in [-0.1, -0.05) is 63.3 Å².